The van der Waals surface area contributed by atoms with Crippen LogP contribution >= 0.6 is 0 Å². The summed E-state index contributed by atoms with van der Waals surface area (Å²) in [4.78, 5) is 16.0. The largest absolute Gasteiger partial charge is 0.459 e. The molecule has 100 valence electrons. The van der Waals surface area contributed by atoms with Crippen molar-refractivity contribution >= 4 is 5.97 Å². The van der Waals surface area contributed by atoms with Crippen molar-refractivity contribution in [3.05, 3.63) is 17.3 Å². The Bertz CT molecular complexity index is 408. The van der Waals surface area contributed by atoms with Crippen molar-refractivity contribution in [2.45, 2.75) is 52.2 Å². The summed E-state index contributed by atoms with van der Waals surface area (Å²) in [7, 11) is 0. The third-order valence-corrected chi connectivity index (χ3v) is 3.36. The molecule has 0 unspecified atom stereocenters. The molecule has 1 aliphatic carbocycles. The summed E-state index contributed by atoms with van der Waals surface area (Å²) in [5.74, 6) is 1.11. The lowest BCUT2D eigenvalue weighted by atomic mass is 9.89. The molecule has 0 amide bonds. The van der Waals surface area contributed by atoms with Crippen LogP contribution in [0, 0.1) is 12.8 Å². The van der Waals surface area contributed by atoms with E-state index in [4.69, 9.17) is 14.9 Å². The minimum Gasteiger partial charge on any atom is -0.459 e. The van der Waals surface area contributed by atoms with Gasteiger partial charge in [-0.15, -0.1) is 0 Å². The Morgan fingerprint density at radius 3 is 2.83 bits per heavy atom. The summed E-state index contributed by atoms with van der Waals surface area (Å²) >= 11 is 0. The number of rotatable bonds is 4. The fourth-order valence-corrected chi connectivity index (χ4v) is 2.38. The van der Waals surface area contributed by atoms with Gasteiger partial charge in [-0.2, -0.15) is 0 Å². The van der Waals surface area contributed by atoms with Crippen LogP contribution in [0.5, 0.6) is 0 Å². The van der Waals surface area contributed by atoms with Crippen LogP contribution in [-0.2, 0) is 22.7 Å². The van der Waals surface area contributed by atoms with E-state index in [9.17, 15) is 4.79 Å². The molecule has 1 heterocycles. The Labute approximate surface area is 107 Å². The van der Waals surface area contributed by atoms with Crippen molar-refractivity contribution in [1.82, 2.24) is 4.98 Å². The standard InChI is InChI=1S/C13H20N2O3/c1-9-15-11(12(7-14)18-9)8-17-13(16)10-5-3-2-4-6-10/h10H,2-8,14H2,1H3. The smallest absolute Gasteiger partial charge is 0.309 e. The molecule has 1 aromatic rings. The number of carbonyl (C=O) groups excluding carboxylic acids is 1. The normalized spacial score (nSPS) is 16.8. The van der Waals surface area contributed by atoms with Crippen LogP contribution in [-0.4, -0.2) is 11.0 Å². The van der Waals surface area contributed by atoms with Gasteiger partial charge < -0.3 is 14.9 Å². The van der Waals surface area contributed by atoms with Crippen LogP contribution in [0.1, 0.15) is 49.4 Å². The quantitative estimate of drug-likeness (QED) is 0.830. The Morgan fingerprint density at radius 2 is 2.17 bits per heavy atom. The van der Waals surface area contributed by atoms with E-state index in [1.807, 2.05) is 0 Å². The van der Waals surface area contributed by atoms with E-state index < -0.39 is 0 Å². The van der Waals surface area contributed by atoms with Gasteiger partial charge in [-0.1, -0.05) is 19.3 Å². The molecule has 0 aromatic carbocycles. The molecule has 1 saturated carbocycles. The Hall–Kier alpha value is -1.36. The van der Waals surface area contributed by atoms with Gasteiger partial charge in [0, 0.05) is 6.92 Å². The third kappa shape index (κ3) is 3.10. The maximum atomic E-state index is 11.9. The molecule has 0 bridgehead atoms. The van der Waals surface area contributed by atoms with E-state index in [1.54, 1.807) is 6.92 Å². The molecule has 5 nitrogen and oxygen atoms in total. The molecule has 5 heteroatoms. The summed E-state index contributed by atoms with van der Waals surface area (Å²) in [6, 6.07) is 0. The molecule has 2 N–H and O–H groups in total. The first-order valence-corrected chi connectivity index (χ1v) is 6.52. The van der Waals surface area contributed by atoms with E-state index in [0.717, 1.165) is 25.7 Å². The number of oxazole rings is 1. The van der Waals surface area contributed by atoms with E-state index >= 15 is 0 Å². The molecule has 0 atom stereocenters. The highest BCUT2D eigenvalue weighted by molar-refractivity contribution is 5.72. The van der Waals surface area contributed by atoms with Gasteiger partial charge in [0.05, 0.1) is 12.5 Å². The number of aromatic nitrogens is 1. The number of hydrogen-bond acceptors (Lipinski definition) is 5. The monoisotopic (exact) mass is 252 g/mol. The predicted molar refractivity (Wildman–Crippen MR) is 65.5 cm³/mol. The zero-order valence-corrected chi connectivity index (χ0v) is 10.8. The highest BCUT2D eigenvalue weighted by Gasteiger charge is 2.23. The molecule has 0 saturated heterocycles. The lowest BCUT2D eigenvalue weighted by Crippen LogP contribution is -2.20. The number of hydrogen-bond donors (Lipinski definition) is 1. The van der Waals surface area contributed by atoms with Crippen molar-refractivity contribution in [2.75, 3.05) is 0 Å². The summed E-state index contributed by atoms with van der Waals surface area (Å²) < 4.78 is 10.6. The van der Waals surface area contributed by atoms with Gasteiger partial charge >= 0.3 is 5.97 Å². The topological polar surface area (TPSA) is 78.3 Å². The number of carbonyl (C=O) groups is 1. The van der Waals surface area contributed by atoms with Crippen LogP contribution < -0.4 is 5.73 Å². The minimum absolute atomic E-state index is 0.0630. The first-order chi connectivity index (χ1) is 8.70. The van der Waals surface area contributed by atoms with Crippen molar-refractivity contribution in [1.29, 1.82) is 0 Å². The summed E-state index contributed by atoms with van der Waals surface area (Å²) in [6.45, 7) is 2.20. The Kier molecular flexibility index (Phi) is 4.36. The van der Waals surface area contributed by atoms with Crippen LogP contribution in [0.4, 0.5) is 0 Å². The zero-order valence-electron chi connectivity index (χ0n) is 10.8. The van der Waals surface area contributed by atoms with E-state index in [1.165, 1.54) is 6.42 Å². The average molecular weight is 252 g/mol. The first kappa shape index (κ1) is 13.1. The second-order valence-electron chi connectivity index (χ2n) is 4.75. The highest BCUT2D eigenvalue weighted by Crippen LogP contribution is 2.25. The first-order valence-electron chi connectivity index (χ1n) is 6.52. The molecule has 1 fully saturated rings. The molecule has 18 heavy (non-hydrogen) atoms. The molecule has 0 spiro atoms. The van der Waals surface area contributed by atoms with E-state index in [-0.39, 0.29) is 25.0 Å². The second kappa shape index (κ2) is 6.00. The van der Waals surface area contributed by atoms with Gasteiger partial charge in [-0.05, 0) is 12.8 Å². The number of ether oxygens (including phenoxy) is 1. The number of aryl methyl sites for hydroxylation is 1. The van der Waals surface area contributed by atoms with Crippen molar-refractivity contribution < 1.29 is 13.9 Å². The number of nitrogens with zero attached hydrogens (tertiary/aromatic N) is 1. The molecule has 0 aliphatic heterocycles. The maximum Gasteiger partial charge on any atom is 0.309 e. The van der Waals surface area contributed by atoms with Crippen molar-refractivity contribution in [3.63, 3.8) is 0 Å². The third-order valence-electron chi connectivity index (χ3n) is 3.36. The van der Waals surface area contributed by atoms with E-state index in [2.05, 4.69) is 4.98 Å². The van der Waals surface area contributed by atoms with Crippen molar-refractivity contribution in [2.24, 2.45) is 11.7 Å². The summed E-state index contributed by atoms with van der Waals surface area (Å²) in [5, 5.41) is 0. The summed E-state index contributed by atoms with van der Waals surface area (Å²) in [6.07, 6.45) is 5.36. The number of esters is 1. The zero-order chi connectivity index (χ0) is 13.0. The molecule has 1 aliphatic rings. The molecule has 1 aromatic heterocycles. The lowest BCUT2D eigenvalue weighted by Gasteiger charge is -2.19. The maximum absolute atomic E-state index is 11.9. The average Bonchev–Trinajstić information content (AvgIpc) is 2.77. The Balaban J connectivity index is 1.88. The van der Waals surface area contributed by atoms with Crippen LogP contribution in [0.2, 0.25) is 0 Å². The SMILES string of the molecule is Cc1nc(COC(=O)C2CCCCC2)c(CN)o1. The van der Waals surface area contributed by atoms with Gasteiger partial charge in [0.25, 0.3) is 0 Å². The Morgan fingerprint density at radius 1 is 1.44 bits per heavy atom. The van der Waals surface area contributed by atoms with Crippen LogP contribution in [0.25, 0.3) is 0 Å². The number of nitrogens with two attached hydrogens (primary N) is 1. The van der Waals surface area contributed by atoms with Crippen LogP contribution in [0.15, 0.2) is 4.42 Å². The lowest BCUT2D eigenvalue weighted by molar-refractivity contribution is -0.151. The highest BCUT2D eigenvalue weighted by atomic mass is 16.5. The van der Waals surface area contributed by atoms with Crippen molar-refractivity contribution in [3.8, 4) is 0 Å². The van der Waals surface area contributed by atoms with Gasteiger partial charge in [0.1, 0.15) is 18.1 Å². The molecule has 2 rings (SSSR count). The van der Waals surface area contributed by atoms with Gasteiger partial charge in [0.2, 0.25) is 0 Å². The van der Waals surface area contributed by atoms with Gasteiger partial charge in [-0.25, -0.2) is 4.98 Å². The van der Waals surface area contributed by atoms with E-state index in [0.29, 0.717) is 17.3 Å². The van der Waals surface area contributed by atoms with Gasteiger partial charge in [0.15, 0.2) is 5.89 Å². The molecular formula is C13H20N2O3. The predicted octanol–water partition coefficient (Wildman–Crippen LogP) is 2.07. The molecular weight excluding hydrogens is 232 g/mol. The van der Waals surface area contributed by atoms with Crippen LogP contribution in [0.3, 0.4) is 0 Å². The van der Waals surface area contributed by atoms with Gasteiger partial charge in [-0.3, -0.25) is 4.79 Å². The minimum atomic E-state index is -0.113. The fraction of sp³-hybridized carbons (Fsp3) is 0.692. The molecule has 0 radical (unpaired) electrons. The second-order valence-corrected chi connectivity index (χ2v) is 4.75. The fourth-order valence-electron chi connectivity index (χ4n) is 2.38. The summed E-state index contributed by atoms with van der Waals surface area (Å²) in [5.41, 5.74) is 6.18.